The molecule has 0 spiro atoms. The van der Waals surface area contributed by atoms with Crippen molar-refractivity contribution in [2.45, 2.75) is 5.88 Å². The quantitative estimate of drug-likeness (QED) is 0.750. The lowest BCUT2D eigenvalue weighted by Crippen LogP contribution is -2.11. The van der Waals surface area contributed by atoms with E-state index in [-0.39, 0.29) is 5.91 Å². The van der Waals surface area contributed by atoms with Gasteiger partial charge in [0.25, 0.3) is 5.91 Å². The van der Waals surface area contributed by atoms with Gasteiger partial charge in [-0.15, -0.1) is 11.6 Å². The molecule has 1 N–H and O–H groups in total. The average molecular weight is 286 g/mol. The Hall–Kier alpha value is -2.33. The topological polar surface area (TPSA) is 46.4 Å². The molecule has 2 aromatic heterocycles. The number of hydrogen-bond donors (Lipinski definition) is 1. The summed E-state index contributed by atoms with van der Waals surface area (Å²) in [6, 6.07) is 13.1. The van der Waals surface area contributed by atoms with Gasteiger partial charge in [0.2, 0.25) is 0 Å². The van der Waals surface area contributed by atoms with Gasteiger partial charge in [0.05, 0.1) is 17.3 Å². The number of pyridine rings is 1. The molecule has 100 valence electrons. The lowest BCUT2D eigenvalue weighted by molar-refractivity contribution is 0.102. The number of benzene rings is 1. The van der Waals surface area contributed by atoms with Gasteiger partial charge in [0.15, 0.2) is 0 Å². The molecular weight excluding hydrogens is 274 g/mol. The van der Waals surface area contributed by atoms with E-state index in [1.54, 1.807) is 16.9 Å². The third-order valence-electron chi connectivity index (χ3n) is 3.01. The Balaban J connectivity index is 1.89. The molecule has 0 radical (unpaired) electrons. The molecule has 1 amide bonds. The van der Waals surface area contributed by atoms with Crippen LogP contribution in [-0.2, 0) is 5.88 Å². The fourth-order valence-electron chi connectivity index (χ4n) is 2.04. The molecule has 0 atom stereocenters. The molecular formula is C15H12ClN3O. The first-order chi connectivity index (χ1) is 9.78. The second-order valence-corrected chi connectivity index (χ2v) is 4.64. The Morgan fingerprint density at radius 3 is 3.00 bits per heavy atom. The first kappa shape index (κ1) is 12.7. The largest absolute Gasteiger partial charge is 0.322 e. The molecule has 0 saturated heterocycles. The van der Waals surface area contributed by atoms with E-state index in [2.05, 4.69) is 10.4 Å². The van der Waals surface area contributed by atoms with Crippen molar-refractivity contribution in [2.75, 3.05) is 5.32 Å². The predicted octanol–water partition coefficient (Wildman–Crippen LogP) is 3.33. The zero-order chi connectivity index (χ0) is 13.9. The van der Waals surface area contributed by atoms with Gasteiger partial charge in [-0.3, -0.25) is 4.79 Å². The van der Waals surface area contributed by atoms with Crippen LogP contribution in [0.25, 0.3) is 5.52 Å². The molecule has 0 bridgehead atoms. The minimum atomic E-state index is -0.182. The van der Waals surface area contributed by atoms with Crippen molar-refractivity contribution in [3.63, 3.8) is 0 Å². The van der Waals surface area contributed by atoms with Gasteiger partial charge in [-0.05, 0) is 29.8 Å². The molecule has 0 aliphatic carbocycles. The smallest absolute Gasteiger partial charge is 0.259 e. The van der Waals surface area contributed by atoms with Crippen LogP contribution in [0, 0.1) is 0 Å². The number of aromatic nitrogens is 2. The Morgan fingerprint density at radius 2 is 2.15 bits per heavy atom. The van der Waals surface area contributed by atoms with Gasteiger partial charge in [-0.1, -0.05) is 18.2 Å². The number of anilines is 1. The lowest BCUT2D eigenvalue weighted by atomic mass is 10.2. The highest BCUT2D eigenvalue weighted by Crippen LogP contribution is 2.16. The van der Waals surface area contributed by atoms with Gasteiger partial charge in [0.1, 0.15) is 0 Å². The summed E-state index contributed by atoms with van der Waals surface area (Å²) in [5, 5.41) is 7.01. The zero-order valence-electron chi connectivity index (χ0n) is 10.6. The molecule has 3 aromatic rings. The standard InChI is InChI=1S/C15H12ClN3O/c16-9-11-4-3-5-12(8-11)18-15(20)13-10-17-19-7-2-1-6-14(13)19/h1-8,10H,9H2,(H,18,20). The Bertz CT molecular complexity index is 766. The molecule has 0 fully saturated rings. The Labute approximate surface area is 121 Å². The number of carbonyl (C=O) groups is 1. The van der Waals surface area contributed by atoms with E-state index in [4.69, 9.17) is 11.6 Å². The van der Waals surface area contributed by atoms with E-state index >= 15 is 0 Å². The Kier molecular flexibility index (Phi) is 3.39. The maximum atomic E-state index is 12.3. The van der Waals surface area contributed by atoms with Crippen molar-refractivity contribution >= 4 is 28.7 Å². The molecule has 0 saturated carbocycles. The van der Waals surface area contributed by atoms with Gasteiger partial charge in [-0.25, -0.2) is 4.52 Å². The van der Waals surface area contributed by atoms with Gasteiger partial charge < -0.3 is 5.32 Å². The zero-order valence-corrected chi connectivity index (χ0v) is 11.3. The minimum Gasteiger partial charge on any atom is -0.322 e. The van der Waals surface area contributed by atoms with Crippen molar-refractivity contribution in [3.05, 3.63) is 66.0 Å². The summed E-state index contributed by atoms with van der Waals surface area (Å²) in [7, 11) is 0. The van der Waals surface area contributed by atoms with E-state index < -0.39 is 0 Å². The highest BCUT2D eigenvalue weighted by atomic mass is 35.5. The van der Waals surface area contributed by atoms with E-state index in [1.165, 1.54) is 0 Å². The highest BCUT2D eigenvalue weighted by Gasteiger charge is 2.12. The molecule has 0 unspecified atom stereocenters. The molecule has 5 heteroatoms. The molecule has 0 aliphatic rings. The number of halogens is 1. The van der Waals surface area contributed by atoms with Gasteiger partial charge in [0, 0.05) is 17.8 Å². The minimum absolute atomic E-state index is 0.182. The number of fused-ring (bicyclic) bond motifs is 1. The molecule has 3 rings (SSSR count). The second-order valence-electron chi connectivity index (χ2n) is 4.38. The third-order valence-corrected chi connectivity index (χ3v) is 3.32. The highest BCUT2D eigenvalue weighted by molar-refractivity contribution is 6.17. The SMILES string of the molecule is O=C(Nc1cccc(CCl)c1)c1cnn2ccccc12. The maximum Gasteiger partial charge on any atom is 0.259 e. The third kappa shape index (κ3) is 2.38. The van der Waals surface area contributed by atoms with Crippen LogP contribution in [0.1, 0.15) is 15.9 Å². The fourth-order valence-corrected chi connectivity index (χ4v) is 2.21. The van der Waals surface area contributed by atoms with Gasteiger partial charge >= 0.3 is 0 Å². The van der Waals surface area contributed by atoms with Crippen LogP contribution in [0.15, 0.2) is 54.9 Å². The molecule has 20 heavy (non-hydrogen) atoms. The molecule has 0 aliphatic heterocycles. The summed E-state index contributed by atoms with van der Waals surface area (Å²) in [6.07, 6.45) is 3.37. The molecule has 4 nitrogen and oxygen atoms in total. The monoisotopic (exact) mass is 285 g/mol. The summed E-state index contributed by atoms with van der Waals surface area (Å²) < 4.78 is 1.67. The van der Waals surface area contributed by atoms with Crippen LogP contribution in [0.2, 0.25) is 0 Å². The maximum absolute atomic E-state index is 12.3. The summed E-state index contributed by atoms with van der Waals surface area (Å²) in [4.78, 5) is 12.3. The van der Waals surface area contributed by atoms with Crippen LogP contribution in [0.3, 0.4) is 0 Å². The number of rotatable bonds is 3. The number of nitrogens with one attached hydrogen (secondary N) is 1. The van der Waals surface area contributed by atoms with Crippen molar-refractivity contribution in [1.29, 1.82) is 0 Å². The lowest BCUT2D eigenvalue weighted by Gasteiger charge is -2.05. The number of nitrogens with zero attached hydrogens (tertiary/aromatic N) is 2. The average Bonchev–Trinajstić information content (AvgIpc) is 2.91. The van der Waals surface area contributed by atoms with Crippen LogP contribution in [0.5, 0.6) is 0 Å². The van der Waals surface area contributed by atoms with Crippen molar-refractivity contribution in [3.8, 4) is 0 Å². The van der Waals surface area contributed by atoms with E-state index in [0.29, 0.717) is 11.4 Å². The second kappa shape index (κ2) is 5.35. The first-order valence-electron chi connectivity index (χ1n) is 6.16. The van der Waals surface area contributed by atoms with Crippen molar-refractivity contribution in [1.82, 2.24) is 9.61 Å². The van der Waals surface area contributed by atoms with Crippen LogP contribution >= 0.6 is 11.6 Å². The van der Waals surface area contributed by atoms with Crippen molar-refractivity contribution in [2.24, 2.45) is 0 Å². The molecule has 1 aromatic carbocycles. The predicted molar refractivity (Wildman–Crippen MR) is 79.1 cm³/mol. The summed E-state index contributed by atoms with van der Waals surface area (Å²) in [5.74, 6) is 0.235. The van der Waals surface area contributed by atoms with E-state index in [0.717, 1.165) is 16.8 Å². The van der Waals surface area contributed by atoms with Crippen LogP contribution in [0.4, 0.5) is 5.69 Å². The molecule has 2 heterocycles. The summed E-state index contributed by atoms with van der Waals surface area (Å²) in [6.45, 7) is 0. The normalized spacial score (nSPS) is 10.7. The van der Waals surface area contributed by atoms with Crippen molar-refractivity contribution < 1.29 is 4.79 Å². The first-order valence-corrected chi connectivity index (χ1v) is 6.70. The van der Waals surface area contributed by atoms with Crippen LogP contribution < -0.4 is 5.32 Å². The number of amides is 1. The number of hydrogen-bond acceptors (Lipinski definition) is 2. The fraction of sp³-hybridized carbons (Fsp3) is 0.0667. The summed E-state index contributed by atoms with van der Waals surface area (Å²) >= 11 is 5.79. The van der Waals surface area contributed by atoms with E-state index in [9.17, 15) is 4.79 Å². The van der Waals surface area contributed by atoms with Gasteiger partial charge in [-0.2, -0.15) is 5.10 Å². The number of alkyl halides is 1. The van der Waals surface area contributed by atoms with Crippen LogP contribution in [-0.4, -0.2) is 15.5 Å². The summed E-state index contributed by atoms with van der Waals surface area (Å²) in [5.41, 5.74) is 3.01. The van der Waals surface area contributed by atoms with E-state index in [1.807, 2.05) is 42.5 Å². The Morgan fingerprint density at radius 1 is 1.25 bits per heavy atom. The number of carbonyl (C=O) groups excluding carboxylic acids is 1.